The summed E-state index contributed by atoms with van der Waals surface area (Å²) in [6, 6.07) is 6.13. The number of rotatable bonds is 7. The van der Waals surface area contributed by atoms with E-state index in [2.05, 4.69) is 5.43 Å². The van der Waals surface area contributed by atoms with Crippen molar-refractivity contribution >= 4 is 0 Å². The predicted octanol–water partition coefficient (Wildman–Crippen LogP) is 0.993. The molecule has 90 valence electrons. The van der Waals surface area contributed by atoms with Gasteiger partial charge < -0.3 is 9.47 Å². The van der Waals surface area contributed by atoms with Crippen LogP contribution >= 0.6 is 0 Å². The first-order chi connectivity index (χ1) is 7.79. The summed E-state index contributed by atoms with van der Waals surface area (Å²) in [6.07, 6.45) is 0. The van der Waals surface area contributed by atoms with Gasteiger partial charge in [0.05, 0.1) is 25.9 Å². The van der Waals surface area contributed by atoms with E-state index in [-0.39, 0.29) is 11.9 Å². The summed E-state index contributed by atoms with van der Waals surface area (Å²) < 4.78 is 23.6. The maximum Gasteiger partial charge on any atom is 0.128 e. The summed E-state index contributed by atoms with van der Waals surface area (Å²) in [5, 5.41) is 0. The topological polar surface area (TPSA) is 56.5 Å². The Morgan fingerprint density at radius 2 is 2.12 bits per heavy atom. The average molecular weight is 228 g/mol. The highest BCUT2D eigenvalue weighted by Crippen LogP contribution is 2.16. The average Bonchev–Trinajstić information content (AvgIpc) is 2.31. The van der Waals surface area contributed by atoms with Crippen molar-refractivity contribution in [3.8, 4) is 0 Å². The smallest absolute Gasteiger partial charge is 0.128 e. The van der Waals surface area contributed by atoms with E-state index in [0.717, 1.165) is 0 Å². The molecule has 4 nitrogen and oxygen atoms in total. The Labute approximate surface area is 94.5 Å². The van der Waals surface area contributed by atoms with Crippen molar-refractivity contribution in [2.24, 2.45) is 5.84 Å². The molecule has 5 heteroatoms. The summed E-state index contributed by atoms with van der Waals surface area (Å²) in [4.78, 5) is 0. The van der Waals surface area contributed by atoms with Crippen LogP contribution in [0.2, 0.25) is 0 Å². The van der Waals surface area contributed by atoms with Gasteiger partial charge >= 0.3 is 0 Å². The molecule has 0 aromatic heterocycles. The van der Waals surface area contributed by atoms with Gasteiger partial charge in [-0.1, -0.05) is 18.2 Å². The number of halogens is 1. The van der Waals surface area contributed by atoms with Crippen LogP contribution in [0.15, 0.2) is 24.3 Å². The zero-order valence-electron chi connectivity index (χ0n) is 9.28. The second-order valence-electron chi connectivity index (χ2n) is 3.31. The maximum absolute atomic E-state index is 13.4. The molecule has 0 fully saturated rings. The number of nitrogens with two attached hydrogens (primary N) is 1. The Kier molecular flexibility index (Phi) is 5.95. The van der Waals surface area contributed by atoms with Crippen molar-refractivity contribution in [2.45, 2.75) is 6.04 Å². The van der Waals surface area contributed by atoms with Crippen LogP contribution in [0, 0.1) is 5.82 Å². The fourth-order valence-electron chi connectivity index (χ4n) is 1.33. The minimum absolute atomic E-state index is 0.291. The molecule has 0 spiro atoms. The first kappa shape index (κ1) is 13.1. The van der Waals surface area contributed by atoms with Crippen LogP contribution in [0.4, 0.5) is 4.39 Å². The van der Waals surface area contributed by atoms with Crippen LogP contribution in [-0.2, 0) is 9.47 Å². The van der Waals surface area contributed by atoms with Crippen LogP contribution in [0.3, 0.4) is 0 Å². The molecule has 0 aliphatic rings. The molecule has 3 N–H and O–H groups in total. The fraction of sp³-hybridized carbons (Fsp3) is 0.455. The van der Waals surface area contributed by atoms with Crippen molar-refractivity contribution in [1.82, 2.24) is 5.43 Å². The molecule has 0 radical (unpaired) electrons. The van der Waals surface area contributed by atoms with Gasteiger partial charge in [0.15, 0.2) is 0 Å². The van der Waals surface area contributed by atoms with E-state index >= 15 is 0 Å². The van der Waals surface area contributed by atoms with Gasteiger partial charge in [0.2, 0.25) is 0 Å². The monoisotopic (exact) mass is 228 g/mol. The van der Waals surface area contributed by atoms with E-state index in [1.54, 1.807) is 25.3 Å². The molecule has 0 bridgehead atoms. The molecule has 0 heterocycles. The summed E-state index contributed by atoms with van der Waals surface area (Å²) in [7, 11) is 1.60. The maximum atomic E-state index is 13.4. The summed E-state index contributed by atoms with van der Waals surface area (Å²) in [5.74, 6) is 5.07. The van der Waals surface area contributed by atoms with E-state index in [4.69, 9.17) is 15.3 Å². The lowest BCUT2D eigenvalue weighted by atomic mass is 10.1. The third kappa shape index (κ3) is 3.86. The van der Waals surface area contributed by atoms with Crippen LogP contribution < -0.4 is 11.3 Å². The van der Waals surface area contributed by atoms with Gasteiger partial charge in [-0.3, -0.25) is 11.3 Å². The van der Waals surface area contributed by atoms with Gasteiger partial charge in [0.1, 0.15) is 5.82 Å². The van der Waals surface area contributed by atoms with E-state index in [0.29, 0.717) is 25.4 Å². The molecule has 1 unspecified atom stereocenters. The first-order valence-corrected chi connectivity index (χ1v) is 5.06. The molecule has 0 aliphatic heterocycles. The molecular formula is C11H17FN2O2. The first-order valence-electron chi connectivity index (χ1n) is 5.06. The van der Waals surface area contributed by atoms with Crippen molar-refractivity contribution in [2.75, 3.05) is 26.9 Å². The summed E-state index contributed by atoms with van der Waals surface area (Å²) in [6.45, 7) is 1.28. The van der Waals surface area contributed by atoms with Crippen LogP contribution in [0.5, 0.6) is 0 Å². The molecule has 0 amide bonds. The quantitative estimate of drug-likeness (QED) is 0.415. The van der Waals surface area contributed by atoms with Crippen molar-refractivity contribution < 1.29 is 13.9 Å². The second kappa shape index (κ2) is 7.29. The molecule has 1 rings (SSSR count). The second-order valence-corrected chi connectivity index (χ2v) is 3.31. The van der Waals surface area contributed by atoms with Crippen LogP contribution in [0.1, 0.15) is 11.6 Å². The van der Waals surface area contributed by atoms with Gasteiger partial charge in [-0.2, -0.15) is 0 Å². The normalized spacial score (nSPS) is 12.7. The molecule has 16 heavy (non-hydrogen) atoms. The lowest BCUT2D eigenvalue weighted by Crippen LogP contribution is -2.32. The number of nitrogens with one attached hydrogen (secondary N) is 1. The molecule has 1 atom stereocenters. The predicted molar refractivity (Wildman–Crippen MR) is 59.2 cm³/mol. The van der Waals surface area contributed by atoms with E-state index in [1.165, 1.54) is 6.07 Å². The third-order valence-corrected chi connectivity index (χ3v) is 2.20. The number of methoxy groups -OCH3 is 1. The highest BCUT2D eigenvalue weighted by Gasteiger charge is 2.13. The van der Waals surface area contributed by atoms with Crippen molar-refractivity contribution in [3.63, 3.8) is 0 Å². The molecule has 0 saturated heterocycles. The third-order valence-electron chi connectivity index (χ3n) is 2.20. The fourth-order valence-corrected chi connectivity index (χ4v) is 1.33. The molecular weight excluding hydrogens is 211 g/mol. The lowest BCUT2D eigenvalue weighted by Gasteiger charge is -2.16. The number of benzene rings is 1. The summed E-state index contributed by atoms with van der Waals surface area (Å²) in [5.41, 5.74) is 3.03. The van der Waals surface area contributed by atoms with Crippen molar-refractivity contribution in [3.05, 3.63) is 35.6 Å². The van der Waals surface area contributed by atoms with E-state index < -0.39 is 0 Å². The molecule has 0 saturated carbocycles. The lowest BCUT2D eigenvalue weighted by molar-refractivity contribution is 0.0581. The Morgan fingerprint density at radius 3 is 2.75 bits per heavy atom. The Balaban J connectivity index is 2.51. The zero-order chi connectivity index (χ0) is 11.8. The highest BCUT2D eigenvalue weighted by atomic mass is 19.1. The van der Waals surface area contributed by atoms with E-state index in [9.17, 15) is 4.39 Å². The largest absolute Gasteiger partial charge is 0.382 e. The van der Waals surface area contributed by atoms with Gasteiger partial charge in [-0.05, 0) is 6.07 Å². The molecule has 1 aromatic rings. The number of hydrogen-bond donors (Lipinski definition) is 2. The zero-order valence-corrected chi connectivity index (χ0v) is 9.28. The number of hydrogen-bond acceptors (Lipinski definition) is 4. The Hall–Kier alpha value is -1.01. The van der Waals surface area contributed by atoms with Gasteiger partial charge in [0, 0.05) is 12.7 Å². The van der Waals surface area contributed by atoms with Gasteiger partial charge in [0.25, 0.3) is 0 Å². The standard InChI is InChI=1S/C11H17FN2O2/c1-15-6-7-16-8-11(14-13)9-4-2-3-5-10(9)12/h2-5,11,14H,6-8,13H2,1H3. The minimum Gasteiger partial charge on any atom is -0.382 e. The highest BCUT2D eigenvalue weighted by molar-refractivity contribution is 5.21. The number of ether oxygens (including phenoxy) is 2. The molecule has 1 aromatic carbocycles. The van der Waals surface area contributed by atoms with Crippen LogP contribution in [0.25, 0.3) is 0 Å². The SMILES string of the molecule is COCCOCC(NN)c1ccccc1F. The number of hydrazine groups is 1. The van der Waals surface area contributed by atoms with E-state index in [1.807, 2.05) is 0 Å². The minimum atomic E-state index is -0.349. The van der Waals surface area contributed by atoms with Gasteiger partial charge in [-0.15, -0.1) is 0 Å². The van der Waals surface area contributed by atoms with Crippen LogP contribution in [-0.4, -0.2) is 26.9 Å². The Bertz CT molecular complexity index is 310. The van der Waals surface area contributed by atoms with Gasteiger partial charge in [-0.25, -0.2) is 4.39 Å². The molecule has 0 aliphatic carbocycles. The Morgan fingerprint density at radius 1 is 1.38 bits per heavy atom. The van der Waals surface area contributed by atoms with Crippen molar-refractivity contribution in [1.29, 1.82) is 0 Å². The summed E-state index contributed by atoms with van der Waals surface area (Å²) >= 11 is 0.